The van der Waals surface area contributed by atoms with Crippen LogP contribution in [0.15, 0.2) is 54.6 Å². The van der Waals surface area contributed by atoms with E-state index in [4.69, 9.17) is 4.74 Å². The summed E-state index contributed by atoms with van der Waals surface area (Å²) in [5, 5.41) is 3.59. The van der Waals surface area contributed by atoms with Crippen molar-refractivity contribution in [2.24, 2.45) is 0 Å². The minimum Gasteiger partial charge on any atom is -0.462 e. The molecule has 0 spiro atoms. The van der Waals surface area contributed by atoms with Crippen LogP contribution in [-0.4, -0.2) is 23.5 Å². The molecule has 1 amide bonds. The van der Waals surface area contributed by atoms with Gasteiger partial charge in [0.25, 0.3) is 0 Å². The van der Waals surface area contributed by atoms with E-state index in [1.807, 2.05) is 31.2 Å². The number of nitrogens with one attached hydrogen (secondary N) is 1. The van der Waals surface area contributed by atoms with Crippen LogP contribution in [0.2, 0.25) is 0 Å². The number of nitrogens with zero attached hydrogens (tertiary/aromatic N) is 1. The Morgan fingerprint density at radius 1 is 1.07 bits per heavy atom. The van der Waals surface area contributed by atoms with Gasteiger partial charge in [0.1, 0.15) is 0 Å². The van der Waals surface area contributed by atoms with Crippen LogP contribution in [0.3, 0.4) is 0 Å². The molecular weight excluding hydrogens is 364 g/mol. The quantitative estimate of drug-likeness (QED) is 0.480. The molecule has 1 N–H and O–H groups in total. The first-order valence-corrected chi connectivity index (χ1v) is 9.66. The molecule has 2 aromatic carbocycles. The van der Waals surface area contributed by atoms with Gasteiger partial charge in [-0.1, -0.05) is 31.2 Å². The lowest BCUT2D eigenvalue weighted by Gasteiger charge is -2.10. The molecule has 0 aliphatic carbocycles. The summed E-state index contributed by atoms with van der Waals surface area (Å²) >= 11 is 0. The molecule has 0 aliphatic heterocycles. The lowest BCUT2D eigenvalue weighted by Crippen LogP contribution is -2.09. The molecule has 148 valence electrons. The van der Waals surface area contributed by atoms with Crippen LogP contribution >= 0.6 is 0 Å². The van der Waals surface area contributed by atoms with Gasteiger partial charge in [0.2, 0.25) is 5.91 Å². The Morgan fingerprint density at radius 3 is 2.52 bits per heavy atom. The summed E-state index contributed by atoms with van der Waals surface area (Å²) in [6, 6.07) is 15.0. The van der Waals surface area contributed by atoms with Crippen molar-refractivity contribution >= 4 is 34.5 Å². The average Bonchev–Trinajstić information content (AvgIpc) is 2.72. The first-order valence-electron chi connectivity index (χ1n) is 9.66. The van der Waals surface area contributed by atoms with Crippen molar-refractivity contribution in [3.05, 3.63) is 77.0 Å². The van der Waals surface area contributed by atoms with Crippen LogP contribution in [0, 0.1) is 6.92 Å². The second kappa shape index (κ2) is 9.15. The molecule has 1 aromatic heterocycles. The van der Waals surface area contributed by atoms with Crippen molar-refractivity contribution in [1.29, 1.82) is 0 Å². The fourth-order valence-corrected chi connectivity index (χ4v) is 3.01. The highest BCUT2D eigenvalue weighted by atomic mass is 16.5. The maximum atomic E-state index is 12.5. The summed E-state index contributed by atoms with van der Waals surface area (Å²) in [4.78, 5) is 29.0. The molecule has 0 saturated heterocycles. The SMILES string of the molecule is CCOC(=O)c1ccc2nc(C)cc(NC(=O)/C=C/c3ccc(CC)cc3)c2c1. The number of aromatic nitrogens is 1. The van der Waals surface area contributed by atoms with Gasteiger partial charge in [-0.15, -0.1) is 0 Å². The highest BCUT2D eigenvalue weighted by molar-refractivity contribution is 6.08. The summed E-state index contributed by atoms with van der Waals surface area (Å²) in [6.07, 6.45) is 4.25. The van der Waals surface area contributed by atoms with E-state index in [-0.39, 0.29) is 5.91 Å². The molecule has 5 nitrogen and oxygen atoms in total. The first kappa shape index (κ1) is 20.3. The average molecular weight is 388 g/mol. The Morgan fingerprint density at radius 2 is 1.83 bits per heavy atom. The highest BCUT2D eigenvalue weighted by Gasteiger charge is 2.11. The zero-order valence-electron chi connectivity index (χ0n) is 16.9. The molecule has 0 fully saturated rings. The Bertz CT molecular complexity index is 1070. The summed E-state index contributed by atoms with van der Waals surface area (Å²) < 4.78 is 5.07. The molecule has 1 heterocycles. The number of rotatable bonds is 6. The minimum absolute atomic E-state index is 0.252. The number of benzene rings is 2. The molecule has 0 radical (unpaired) electrons. The van der Waals surface area contributed by atoms with Crippen molar-refractivity contribution in [1.82, 2.24) is 4.98 Å². The summed E-state index contributed by atoms with van der Waals surface area (Å²) in [7, 11) is 0. The van der Waals surface area contributed by atoms with E-state index in [1.165, 1.54) is 11.6 Å². The van der Waals surface area contributed by atoms with Crippen LogP contribution < -0.4 is 5.32 Å². The van der Waals surface area contributed by atoms with E-state index >= 15 is 0 Å². The third-order valence-electron chi connectivity index (χ3n) is 4.52. The van der Waals surface area contributed by atoms with Crippen LogP contribution in [0.1, 0.15) is 41.0 Å². The number of ether oxygens (including phenoxy) is 1. The molecule has 0 saturated carbocycles. The van der Waals surface area contributed by atoms with E-state index < -0.39 is 5.97 Å². The first-order chi connectivity index (χ1) is 14.0. The standard InChI is InChI=1S/C24H24N2O3/c1-4-17-6-8-18(9-7-17)10-13-23(27)26-22-14-16(3)25-21-12-11-19(15-20(21)22)24(28)29-5-2/h6-15H,4-5H2,1-3H3,(H,25,26,27)/b13-10+. The summed E-state index contributed by atoms with van der Waals surface area (Å²) in [6.45, 7) is 6.03. The number of amides is 1. The number of fused-ring (bicyclic) bond motifs is 1. The number of esters is 1. The van der Waals surface area contributed by atoms with Crippen LogP contribution in [0.5, 0.6) is 0 Å². The Balaban J connectivity index is 1.85. The monoisotopic (exact) mass is 388 g/mol. The number of carbonyl (C=O) groups is 2. The predicted molar refractivity (Wildman–Crippen MR) is 116 cm³/mol. The minimum atomic E-state index is -0.400. The topological polar surface area (TPSA) is 68.3 Å². The number of pyridine rings is 1. The van der Waals surface area contributed by atoms with E-state index in [0.29, 0.717) is 28.8 Å². The lowest BCUT2D eigenvalue weighted by atomic mass is 10.1. The third-order valence-corrected chi connectivity index (χ3v) is 4.52. The zero-order chi connectivity index (χ0) is 20.8. The van der Waals surface area contributed by atoms with E-state index in [1.54, 1.807) is 37.3 Å². The number of anilines is 1. The van der Waals surface area contributed by atoms with Gasteiger partial charge in [0.15, 0.2) is 0 Å². The van der Waals surface area contributed by atoms with Gasteiger partial charge in [-0.3, -0.25) is 9.78 Å². The largest absolute Gasteiger partial charge is 0.462 e. The summed E-state index contributed by atoms with van der Waals surface area (Å²) in [5.41, 5.74) is 4.71. The van der Waals surface area contributed by atoms with Gasteiger partial charge in [0.05, 0.1) is 23.4 Å². The lowest BCUT2D eigenvalue weighted by molar-refractivity contribution is -0.111. The molecule has 0 atom stereocenters. The fraction of sp³-hybridized carbons (Fsp3) is 0.208. The van der Waals surface area contributed by atoms with Crippen LogP contribution in [0.4, 0.5) is 5.69 Å². The number of carbonyl (C=O) groups excluding carboxylic acids is 2. The molecule has 29 heavy (non-hydrogen) atoms. The second-order valence-corrected chi connectivity index (χ2v) is 6.68. The Labute approximate surface area is 170 Å². The van der Waals surface area contributed by atoms with Gasteiger partial charge in [-0.2, -0.15) is 0 Å². The van der Waals surface area contributed by atoms with Crippen LogP contribution in [-0.2, 0) is 16.0 Å². The number of hydrogen-bond acceptors (Lipinski definition) is 4. The van der Waals surface area contributed by atoms with E-state index in [2.05, 4.69) is 17.2 Å². The Kier molecular flexibility index (Phi) is 6.39. The fourth-order valence-electron chi connectivity index (χ4n) is 3.01. The summed E-state index contributed by atoms with van der Waals surface area (Å²) in [5.74, 6) is -0.652. The highest BCUT2D eigenvalue weighted by Crippen LogP contribution is 2.25. The van der Waals surface area contributed by atoms with Gasteiger partial charge in [0, 0.05) is 17.2 Å². The van der Waals surface area contributed by atoms with Gasteiger partial charge < -0.3 is 10.1 Å². The van der Waals surface area contributed by atoms with Crippen molar-refractivity contribution in [3.8, 4) is 0 Å². The van der Waals surface area contributed by atoms with Gasteiger partial charge in [-0.05, 0) is 61.7 Å². The Hall–Kier alpha value is -3.47. The molecule has 0 unspecified atom stereocenters. The predicted octanol–water partition coefficient (Wildman–Crippen LogP) is 4.93. The van der Waals surface area contributed by atoms with Crippen molar-refractivity contribution < 1.29 is 14.3 Å². The maximum absolute atomic E-state index is 12.5. The maximum Gasteiger partial charge on any atom is 0.338 e. The third kappa shape index (κ3) is 5.08. The molecule has 3 rings (SSSR count). The molecule has 0 aliphatic rings. The van der Waals surface area contributed by atoms with E-state index in [9.17, 15) is 9.59 Å². The zero-order valence-corrected chi connectivity index (χ0v) is 16.9. The van der Waals surface area contributed by atoms with E-state index in [0.717, 1.165) is 17.7 Å². The smallest absolute Gasteiger partial charge is 0.338 e. The van der Waals surface area contributed by atoms with Crippen LogP contribution in [0.25, 0.3) is 17.0 Å². The second-order valence-electron chi connectivity index (χ2n) is 6.68. The van der Waals surface area contributed by atoms with Gasteiger partial charge in [-0.25, -0.2) is 4.79 Å². The number of hydrogen-bond donors (Lipinski definition) is 1. The molecular formula is C24H24N2O3. The van der Waals surface area contributed by atoms with Crippen molar-refractivity contribution in [3.63, 3.8) is 0 Å². The molecule has 0 bridgehead atoms. The number of aryl methyl sites for hydroxylation is 2. The van der Waals surface area contributed by atoms with Crippen molar-refractivity contribution in [2.45, 2.75) is 27.2 Å². The normalized spacial score (nSPS) is 11.0. The van der Waals surface area contributed by atoms with Gasteiger partial charge >= 0.3 is 5.97 Å². The molecule has 3 aromatic rings. The molecule has 5 heteroatoms. The van der Waals surface area contributed by atoms with Crippen molar-refractivity contribution in [2.75, 3.05) is 11.9 Å².